The van der Waals surface area contributed by atoms with Crippen molar-refractivity contribution in [3.63, 3.8) is 0 Å². The van der Waals surface area contributed by atoms with E-state index in [1.807, 2.05) is 24.3 Å². The van der Waals surface area contributed by atoms with Gasteiger partial charge in [-0.25, -0.2) is 4.79 Å². The summed E-state index contributed by atoms with van der Waals surface area (Å²) >= 11 is 0. The minimum atomic E-state index is -0.812. The number of carbonyl (C=O) groups is 2. The number of benzene rings is 4. The zero-order valence-corrected chi connectivity index (χ0v) is 17.3. The largest absolute Gasteiger partial charge is 0.508 e. The smallest absolute Gasteiger partial charge is 0.338 e. The molecule has 1 unspecified atom stereocenters. The van der Waals surface area contributed by atoms with Gasteiger partial charge in [-0.2, -0.15) is 0 Å². The molecule has 6 heteroatoms. The van der Waals surface area contributed by atoms with Gasteiger partial charge >= 0.3 is 5.97 Å². The van der Waals surface area contributed by atoms with Gasteiger partial charge in [0.05, 0.1) is 18.6 Å². The molecule has 0 heterocycles. The minimum absolute atomic E-state index is 0.208. The minimum Gasteiger partial charge on any atom is -0.508 e. The molecule has 0 fully saturated rings. The molecule has 0 radical (unpaired) electrons. The highest BCUT2D eigenvalue weighted by Gasteiger charge is 2.25. The van der Waals surface area contributed by atoms with E-state index in [-0.39, 0.29) is 5.75 Å². The van der Waals surface area contributed by atoms with Gasteiger partial charge in [0.25, 0.3) is 0 Å². The van der Waals surface area contributed by atoms with E-state index in [0.29, 0.717) is 28.2 Å². The van der Waals surface area contributed by atoms with Gasteiger partial charge in [-0.3, -0.25) is 4.79 Å². The van der Waals surface area contributed by atoms with E-state index < -0.39 is 17.8 Å². The van der Waals surface area contributed by atoms with Crippen LogP contribution in [0.15, 0.2) is 84.9 Å². The molecule has 0 spiro atoms. The van der Waals surface area contributed by atoms with Crippen LogP contribution in [0.1, 0.15) is 27.4 Å². The van der Waals surface area contributed by atoms with Crippen molar-refractivity contribution >= 4 is 22.6 Å². The van der Waals surface area contributed by atoms with Crippen LogP contribution in [0.3, 0.4) is 0 Å². The number of ether oxygens (including phenoxy) is 2. The molecule has 0 bridgehead atoms. The Bertz CT molecular complexity index is 1300. The Morgan fingerprint density at radius 1 is 0.844 bits per heavy atom. The number of esters is 1. The molecular formula is C26H21NO5. The Morgan fingerprint density at radius 3 is 2.22 bits per heavy atom. The van der Waals surface area contributed by atoms with Gasteiger partial charge in [0.15, 0.2) is 0 Å². The number of amides is 1. The molecule has 0 saturated heterocycles. The Morgan fingerprint density at radius 2 is 1.50 bits per heavy atom. The summed E-state index contributed by atoms with van der Waals surface area (Å²) in [5.41, 5.74) is 7.11. The summed E-state index contributed by atoms with van der Waals surface area (Å²) in [6.07, 6.45) is 0. The van der Waals surface area contributed by atoms with E-state index in [1.165, 1.54) is 7.11 Å². The number of phenolic OH excluding ortho intramolecular Hbond substituents is 1. The number of methoxy groups -OCH3 is 1. The zero-order valence-electron chi connectivity index (χ0n) is 17.3. The van der Waals surface area contributed by atoms with Gasteiger partial charge in [-0.05, 0) is 64.4 Å². The second-order valence-electron chi connectivity index (χ2n) is 7.28. The fourth-order valence-electron chi connectivity index (χ4n) is 3.68. The van der Waals surface area contributed by atoms with Gasteiger partial charge in [-0.1, -0.05) is 42.5 Å². The quantitative estimate of drug-likeness (QED) is 0.433. The molecule has 32 heavy (non-hydrogen) atoms. The van der Waals surface area contributed by atoms with Crippen LogP contribution in [0.5, 0.6) is 17.2 Å². The van der Waals surface area contributed by atoms with Gasteiger partial charge in [0.1, 0.15) is 17.2 Å². The van der Waals surface area contributed by atoms with Crippen LogP contribution in [-0.4, -0.2) is 24.1 Å². The highest BCUT2D eigenvalue weighted by molar-refractivity contribution is 5.95. The zero-order chi connectivity index (χ0) is 22.7. The normalized spacial score (nSPS) is 11.7. The fraction of sp³-hybridized carbons (Fsp3) is 0.0769. The monoisotopic (exact) mass is 427 g/mol. The summed E-state index contributed by atoms with van der Waals surface area (Å²) in [7, 11) is 1.29. The molecule has 1 amide bonds. The Balaban J connectivity index is 1.62. The average Bonchev–Trinajstić information content (AvgIpc) is 2.80. The number of aromatic hydroxyl groups is 1. The molecule has 0 aliphatic heterocycles. The first-order valence-corrected chi connectivity index (χ1v) is 9.93. The van der Waals surface area contributed by atoms with Gasteiger partial charge in [0, 0.05) is 0 Å². The number of hydrogen-bond acceptors (Lipinski definition) is 5. The van der Waals surface area contributed by atoms with Crippen molar-refractivity contribution in [3.8, 4) is 17.2 Å². The van der Waals surface area contributed by atoms with Crippen LogP contribution in [0.4, 0.5) is 0 Å². The molecule has 0 aliphatic rings. The van der Waals surface area contributed by atoms with Crippen LogP contribution in [-0.2, 0) is 9.53 Å². The first-order valence-electron chi connectivity index (χ1n) is 9.93. The molecule has 0 aromatic heterocycles. The number of hydrogen-bond donors (Lipinski definition) is 2. The van der Waals surface area contributed by atoms with Crippen molar-refractivity contribution in [2.45, 2.75) is 5.92 Å². The van der Waals surface area contributed by atoms with Crippen molar-refractivity contribution in [3.05, 3.63) is 102 Å². The maximum absolute atomic E-state index is 12.3. The lowest BCUT2D eigenvalue weighted by Gasteiger charge is -2.18. The molecule has 4 rings (SSSR count). The maximum atomic E-state index is 12.3. The standard InChI is InChI=1S/C26H21NO5/c1-31-26(30)23-5-3-2-4-22(23)24(25(27)29)16-7-11-20(12-8-16)32-21-13-9-17-14-19(28)10-6-18(17)15-21/h2-15,24,28H,1H3,(H2,27,29). The van der Waals surface area contributed by atoms with Crippen molar-refractivity contribution in [2.75, 3.05) is 7.11 Å². The molecule has 6 nitrogen and oxygen atoms in total. The summed E-state index contributed by atoms with van der Waals surface area (Å²) in [4.78, 5) is 24.5. The second kappa shape index (κ2) is 8.81. The van der Waals surface area contributed by atoms with Crippen LogP contribution >= 0.6 is 0 Å². The van der Waals surface area contributed by atoms with E-state index in [2.05, 4.69) is 0 Å². The van der Waals surface area contributed by atoms with E-state index in [1.54, 1.807) is 60.7 Å². The topological polar surface area (TPSA) is 98.9 Å². The molecule has 160 valence electrons. The summed E-state index contributed by atoms with van der Waals surface area (Å²) < 4.78 is 10.8. The molecule has 0 aliphatic carbocycles. The lowest BCUT2D eigenvalue weighted by molar-refractivity contribution is -0.118. The van der Waals surface area contributed by atoms with Crippen LogP contribution in [0, 0.1) is 0 Å². The van der Waals surface area contributed by atoms with Gasteiger partial charge in [0.2, 0.25) is 5.91 Å². The SMILES string of the molecule is COC(=O)c1ccccc1C(C(N)=O)c1ccc(Oc2ccc3cc(O)ccc3c2)cc1. The van der Waals surface area contributed by atoms with Crippen LogP contribution in [0.2, 0.25) is 0 Å². The van der Waals surface area contributed by atoms with Crippen molar-refractivity contribution < 1.29 is 24.2 Å². The van der Waals surface area contributed by atoms with Crippen molar-refractivity contribution in [1.82, 2.24) is 0 Å². The first kappa shape index (κ1) is 20.9. The van der Waals surface area contributed by atoms with Crippen LogP contribution in [0.25, 0.3) is 10.8 Å². The number of nitrogens with two attached hydrogens (primary N) is 1. The van der Waals surface area contributed by atoms with Crippen molar-refractivity contribution in [2.24, 2.45) is 5.73 Å². The van der Waals surface area contributed by atoms with E-state index in [0.717, 1.165) is 10.8 Å². The molecule has 4 aromatic rings. The number of carbonyl (C=O) groups excluding carboxylic acids is 2. The van der Waals surface area contributed by atoms with E-state index in [9.17, 15) is 14.7 Å². The number of fused-ring (bicyclic) bond motifs is 1. The molecule has 0 saturated carbocycles. The molecule has 4 aromatic carbocycles. The van der Waals surface area contributed by atoms with Crippen LogP contribution < -0.4 is 10.5 Å². The Labute approximate surface area is 184 Å². The summed E-state index contributed by atoms with van der Waals surface area (Å²) in [5, 5.41) is 11.4. The fourth-order valence-corrected chi connectivity index (χ4v) is 3.68. The van der Waals surface area contributed by atoms with Gasteiger partial charge in [-0.15, -0.1) is 0 Å². The number of rotatable bonds is 6. The van der Waals surface area contributed by atoms with Crippen molar-refractivity contribution in [1.29, 1.82) is 0 Å². The first-order chi connectivity index (χ1) is 15.5. The summed E-state index contributed by atoms with van der Waals surface area (Å²) in [6.45, 7) is 0. The second-order valence-corrected chi connectivity index (χ2v) is 7.28. The average molecular weight is 427 g/mol. The predicted molar refractivity (Wildman–Crippen MR) is 121 cm³/mol. The third-order valence-electron chi connectivity index (χ3n) is 5.21. The maximum Gasteiger partial charge on any atom is 0.338 e. The summed E-state index contributed by atoms with van der Waals surface area (Å²) in [6, 6.07) is 24.4. The number of phenols is 1. The van der Waals surface area contributed by atoms with E-state index in [4.69, 9.17) is 15.2 Å². The highest BCUT2D eigenvalue weighted by atomic mass is 16.5. The lowest BCUT2D eigenvalue weighted by atomic mass is 9.87. The molecule has 3 N–H and O–H groups in total. The number of primary amides is 1. The third kappa shape index (κ3) is 4.25. The Hall–Kier alpha value is -4.32. The Kier molecular flexibility index (Phi) is 5.77. The summed E-state index contributed by atoms with van der Waals surface area (Å²) in [5.74, 6) is -0.494. The van der Waals surface area contributed by atoms with E-state index >= 15 is 0 Å². The molecular weight excluding hydrogens is 406 g/mol. The highest BCUT2D eigenvalue weighted by Crippen LogP contribution is 2.31. The lowest BCUT2D eigenvalue weighted by Crippen LogP contribution is -2.24. The van der Waals surface area contributed by atoms with Gasteiger partial charge < -0.3 is 20.3 Å². The third-order valence-corrected chi connectivity index (χ3v) is 5.21. The predicted octanol–water partition coefficient (Wildman–Crippen LogP) is 4.74. The molecule has 1 atom stereocenters.